The van der Waals surface area contributed by atoms with Crippen molar-refractivity contribution in [3.05, 3.63) is 35.4 Å². The summed E-state index contributed by atoms with van der Waals surface area (Å²) < 4.78 is 0. The molecular formula is C14H20N2. The Hall–Kier alpha value is -1.28. The Labute approximate surface area is 97.7 Å². The molecule has 0 amide bonds. The Kier molecular flexibility index (Phi) is 2.35. The summed E-state index contributed by atoms with van der Waals surface area (Å²) in [7, 11) is 0. The molecule has 0 atom stereocenters. The van der Waals surface area contributed by atoms with Crippen molar-refractivity contribution < 1.29 is 0 Å². The summed E-state index contributed by atoms with van der Waals surface area (Å²) in [5.41, 5.74) is 6.11. The first kappa shape index (κ1) is 11.2. The summed E-state index contributed by atoms with van der Waals surface area (Å²) in [5.74, 6) is 6.10. The van der Waals surface area contributed by atoms with Crippen molar-refractivity contribution in [3.63, 3.8) is 0 Å². The third-order valence-electron chi connectivity index (χ3n) is 3.63. The van der Waals surface area contributed by atoms with E-state index in [0.29, 0.717) is 0 Å². The maximum Gasteiger partial charge on any atom is 0.0595 e. The van der Waals surface area contributed by atoms with E-state index in [1.54, 1.807) is 0 Å². The smallest absolute Gasteiger partial charge is 0.0595 e. The zero-order chi connectivity index (χ0) is 12.1. The predicted molar refractivity (Wildman–Crippen MR) is 70.3 cm³/mol. The third kappa shape index (κ3) is 1.54. The molecule has 1 aliphatic rings. The first-order chi connectivity index (χ1) is 7.33. The highest BCUT2D eigenvalue weighted by Crippen LogP contribution is 2.43. The van der Waals surface area contributed by atoms with Crippen LogP contribution in [0.4, 0.5) is 5.69 Å². The summed E-state index contributed by atoms with van der Waals surface area (Å²) in [6, 6.07) is 4.36. The molecule has 0 aliphatic carbocycles. The van der Waals surface area contributed by atoms with Crippen molar-refractivity contribution in [2.45, 2.75) is 27.7 Å². The van der Waals surface area contributed by atoms with Crippen LogP contribution in [0.3, 0.4) is 0 Å². The van der Waals surface area contributed by atoms with Crippen LogP contribution in [-0.2, 0) is 0 Å². The van der Waals surface area contributed by atoms with E-state index >= 15 is 0 Å². The molecule has 0 aromatic heterocycles. The van der Waals surface area contributed by atoms with E-state index < -0.39 is 0 Å². The zero-order valence-corrected chi connectivity index (χ0v) is 10.6. The van der Waals surface area contributed by atoms with E-state index in [1.807, 2.05) is 5.01 Å². The summed E-state index contributed by atoms with van der Waals surface area (Å²) in [5, 5.41) is 1.84. The van der Waals surface area contributed by atoms with Gasteiger partial charge in [-0.05, 0) is 42.7 Å². The lowest BCUT2D eigenvalue weighted by molar-refractivity contribution is 0.482. The fraction of sp³-hybridized carbons (Fsp3) is 0.429. The van der Waals surface area contributed by atoms with E-state index in [4.69, 9.17) is 5.84 Å². The number of nitrogens with two attached hydrogens (primary N) is 1. The van der Waals surface area contributed by atoms with Gasteiger partial charge in [0.25, 0.3) is 0 Å². The molecule has 0 unspecified atom stereocenters. The molecule has 1 aromatic carbocycles. The minimum atomic E-state index is 0.0451. The number of fused-ring (bicyclic) bond motifs is 1. The Morgan fingerprint density at radius 1 is 1.25 bits per heavy atom. The molecule has 0 fully saturated rings. The fourth-order valence-corrected chi connectivity index (χ4v) is 2.25. The highest BCUT2D eigenvalue weighted by Gasteiger charge is 2.32. The van der Waals surface area contributed by atoms with Gasteiger partial charge in [-0.3, -0.25) is 0 Å². The Bertz CT molecular complexity index is 458. The summed E-state index contributed by atoms with van der Waals surface area (Å²) >= 11 is 0. The average molecular weight is 216 g/mol. The number of hydrogen-bond donors (Lipinski definition) is 1. The van der Waals surface area contributed by atoms with E-state index in [-0.39, 0.29) is 5.41 Å². The highest BCUT2D eigenvalue weighted by atomic mass is 15.4. The summed E-state index contributed by atoms with van der Waals surface area (Å²) in [4.78, 5) is 0. The second-order valence-electron chi connectivity index (χ2n) is 5.44. The van der Waals surface area contributed by atoms with Crippen LogP contribution in [0, 0.1) is 19.3 Å². The number of benzene rings is 1. The summed E-state index contributed by atoms with van der Waals surface area (Å²) in [6.07, 6.45) is 0. The number of hydrogen-bond acceptors (Lipinski definition) is 2. The Morgan fingerprint density at radius 2 is 1.81 bits per heavy atom. The lowest BCUT2D eigenvalue weighted by atomic mass is 9.77. The molecule has 2 N–H and O–H groups in total. The van der Waals surface area contributed by atoms with Crippen molar-refractivity contribution >= 4 is 11.3 Å². The van der Waals surface area contributed by atoms with E-state index in [2.05, 4.69) is 46.4 Å². The van der Waals surface area contributed by atoms with Crippen molar-refractivity contribution in [2.24, 2.45) is 11.3 Å². The van der Waals surface area contributed by atoms with Crippen molar-refractivity contribution in [1.29, 1.82) is 0 Å². The summed E-state index contributed by atoms with van der Waals surface area (Å²) in [6.45, 7) is 13.7. The van der Waals surface area contributed by atoms with Crippen molar-refractivity contribution in [1.82, 2.24) is 0 Å². The number of rotatable bonds is 0. The molecule has 2 nitrogen and oxygen atoms in total. The normalized spacial score (nSPS) is 18.6. The van der Waals surface area contributed by atoms with Crippen LogP contribution in [0.5, 0.6) is 0 Å². The van der Waals surface area contributed by atoms with Crippen LogP contribution in [0.1, 0.15) is 30.5 Å². The Balaban J connectivity index is 2.64. The number of hydrazine groups is 1. The lowest BCUT2D eigenvalue weighted by Gasteiger charge is -2.40. The molecule has 0 bridgehead atoms. The molecule has 86 valence electrons. The first-order valence-corrected chi connectivity index (χ1v) is 5.66. The van der Waals surface area contributed by atoms with Crippen LogP contribution < -0.4 is 10.9 Å². The van der Waals surface area contributed by atoms with Crippen LogP contribution in [-0.4, -0.2) is 6.54 Å². The molecule has 16 heavy (non-hydrogen) atoms. The van der Waals surface area contributed by atoms with Gasteiger partial charge in [0.05, 0.1) is 5.69 Å². The molecule has 1 heterocycles. The van der Waals surface area contributed by atoms with Gasteiger partial charge in [-0.15, -0.1) is 0 Å². The molecule has 1 aromatic rings. The van der Waals surface area contributed by atoms with Gasteiger partial charge < -0.3 is 5.01 Å². The quantitative estimate of drug-likeness (QED) is 0.675. The van der Waals surface area contributed by atoms with Gasteiger partial charge >= 0.3 is 0 Å². The first-order valence-electron chi connectivity index (χ1n) is 5.66. The van der Waals surface area contributed by atoms with E-state index in [9.17, 15) is 0 Å². The second-order valence-corrected chi connectivity index (χ2v) is 5.44. The molecule has 1 aliphatic heterocycles. The van der Waals surface area contributed by atoms with Gasteiger partial charge in [0.2, 0.25) is 0 Å². The largest absolute Gasteiger partial charge is 0.310 e. The monoisotopic (exact) mass is 216 g/mol. The lowest BCUT2D eigenvalue weighted by Crippen LogP contribution is -2.44. The van der Waals surface area contributed by atoms with Crippen LogP contribution in [0.25, 0.3) is 5.57 Å². The standard InChI is InChI=1S/C14H20N2/c1-9-6-12-11(3)14(4,5)8-16(15)13(12)7-10(9)2/h6-7H,3,8,15H2,1-2,4-5H3. The van der Waals surface area contributed by atoms with Crippen LogP contribution in [0.2, 0.25) is 0 Å². The van der Waals surface area contributed by atoms with Gasteiger partial charge in [-0.25, -0.2) is 5.84 Å². The number of nitrogens with zero attached hydrogens (tertiary/aromatic N) is 1. The van der Waals surface area contributed by atoms with Gasteiger partial charge in [0.1, 0.15) is 0 Å². The fourth-order valence-electron chi connectivity index (χ4n) is 2.25. The Morgan fingerprint density at radius 3 is 2.44 bits per heavy atom. The molecular weight excluding hydrogens is 196 g/mol. The maximum atomic E-state index is 6.10. The maximum absolute atomic E-state index is 6.10. The molecule has 0 radical (unpaired) electrons. The molecule has 2 rings (SSSR count). The predicted octanol–water partition coefficient (Wildman–Crippen LogP) is 3.04. The molecule has 0 saturated heterocycles. The SMILES string of the molecule is C=C1c2cc(C)c(C)cc2N(N)CC1(C)C. The van der Waals surface area contributed by atoms with Gasteiger partial charge in [-0.1, -0.05) is 20.4 Å². The molecule has 2 heteroatoms. The van der Waals surface area contributed by atoms with Crippen molar-refractivity contribution in [3.8, 4) is 0 Å². The van der Waals surface area contributed by atoms with Crippen molar-refractivity contribution in [2.75, 3.05) is 11.6 Å². The van der Waals surface area contributed by atoms with Gasteiger partial charge in [0, 0.05) is 17.5 Å². The number of aryl methyl sites for hydroxylation is 2. The molecule has 0 saturated carbocycles. The minimum Gasteiger partial charge on any atom is -0.310 e. The van der Waals surface area contributed by atoms with Crippen LogP contribution >= 0.6 is 0 Å². The zero-order valence-electron chi connectivity index (χ0n) is 10.6. The highest BCUT2D eigenvalue weighted by molar-refractivity contribution is 5.82. The van der Waals surface area contributed by atoms with E-state index in [1.165, 1.54) is 22.3 Å². The third-order valence-corrected chi connectivity index (χ3v) is 3.63. The minimum absolute atomic E-state index is 0.0451. The topological polar surface area (TPSA) is 29.3 Å². The second kappa shape index (κ2) is 3.36. The average Bonchev–Trinajstić information content (AvgIpc) is 2.17. The van der Waals surface area contributed by atoms with E-state index in [0.717, 1.165) is 12.2 Å². The molecule has 0 spiro atoms. The van der Waals surface area contributed by atoms with Crippen LogP contribution in [0.15, 0.2) is 18.7 Å². The number of anilines is 1. The van der Waals surface area contributed by atoms with Gasteiger partial charge in [0.15, 0.2) is 0 Å². The van der Waals surface area contributed by atoms with Gasteiger partial charge in [-0.2, -0.15) is 0 Å².